The minimum absolute atomic E-state index is 0.00561. The van der Waals surface area contributed by atoms with Crippen LogP contribution in [0.15, 0.2) is 60.7 Å². The SMILES string of the molecule is O=C(O)C1(N(c2ccc(-c3ccc(Cl)cc3)s2)S(=O)[O-])CC1c1cccc([N+](=O)[O-])c1. The molecule has 8 nitrogen and oxygen atoms in total. The third kappa shape index (κ3) is 3.83. The molecule has 3 unspecified atom stereocenters. The molecule has 1 saturated carbocycles. The van der Waals surface area contributed by atoms with Gasteiger partial charge in [-0.3, -0.25) is 18.6 Å². The number of halogens is 1. The van der Waals surface area contributed by atoms with Gasteiger partial charge < -0.3 is 9.66 Å². The van der Waals surface area contributed by atoms with Gasteiger partial charge in [0, 0.05) is 39.2 Å². The topological polar surface area (TPSA) is 124 Å². The highest BCUT2D eigenvalue weighted by molar-refractivity contribution is 7.81. The van der Waals surface area contributed by atoms with E-state index in [9.17, 15) is 28.8 Å². The Hall–Kier alpha value is -2.79. The Morgan fingerprint density at radius 2 is 1.94 bits per heavy atom. The normalized spacial score (nSPS) is 20.8. The number of carbonyl (C=O) groups is 1. The summed E-state index contributed by atoms with van der Waals surface area (Å²) in [5.41, 5.74) is -0.710. The van der Waals surface area contributed by atoms with Crippen LogP contribution in [0.25, 0.3) is 10.4 Å². The van der Waals surface area contributed by atoms with Crippen molar-refractivity contribution in [3.63, 3.8) is 0 Å². The van der Waals surface area contributed by atoms with E-state index in [1.165, 1.54) is 18.2 Å². The first-order chi connectivity index (χ1) is 14.7. The number of carboxylic acid groups (broad SMARTS) is 1. The molecule has 2 aromatic carbocycles. The van der Waals surface area contributed by atoms with Crippen molar-refractivity contribution in [3.05, 3.63) is 81.4 Å². The fourth-order valence-corrected chi connectivity index (χ4v) is 5.83. The Morgan fingerprint density at radius 3 is 2.55 bits per heavy atom. The van der Waals surface area contributed by atoms with Gasteiger partial charge in [-0.15, -0.1) is 11.3 Å². The molecule has 1 fully saturated rings. The van der Waals surface area contributed by atoms with Crippen molar-refractivity contribution >= 4 is 50.9 Å². The molecule has 0 aliphatic heterocycles. The second-order valence-corrected chi connectivity index (χ2v) is 9.29. The molecule has 11 heteroatoms. The smallest absolute Gasteiger partial charge is 0.331 e. The highest BCUT2D eigenvalue weighted by atomic mass is 35.5. The van der Waals surface area contributed by atoms with E-state index in [2.05, 4.69) is 0 Å². The van der Waals surface area contributed by atoms with Crippen molar-refractivity contribution in [1.29, 1.82) is 0 Å². The third-order valence-corrected chi connectivity index (χ3v) is 7.53. The van der Waals surface area contributed by atoms with E-state index in [1.54, 1.807) is 42.5 Å². The lowest BCUT2D eigenvalue weighted by molar-refractivity contribution is -0.384. The fourth-order valence-electron chi connectivity index (χ4n) is 3.66. The highest BCUT2D eigenvalue weighted by Crippen LogP contribution is 2.58. The number of nitro benzene ring substituents is 1. The Balaban J connectivity index is 1.72. The van der Waals surface area contributed by atoms with Gasteiger partial charge in [0.25, 0.3) is 5.69 Å². The largest absolute Gasteiger partial charge is 0.755 e. The zero-order valence-corrected chi connectivity index (χ0v) is 18.0. The zero-order valence-electron chi connectivity index (χ0n) is 15.6. The molecule has 31 heavy (non-hydrogen) atoms. The maximum atomic E-state index is 12.3. The minimum atomic E-state index is -2.88. The third-order valence-electron chi connectivity index (χ3n) is 5.22. The van der Waals surface area contributed by atoms with Gasteiger partial charge >= 0.3 is 5.97 Å². The van der Waals surface area contributed by atoms with E-state index >= 15 is 0 Å². The highest BCUT2D eigenvalue weighted by Gasteiger charge is 2.66. The van der Waals surface area contributed by atoms with Gasteiger partial charge in [0.15, 0.2) is 5.54 Å². The quantitative estimate of drug-likeness (QED) is 0.301. The molecule has 0 amide bonds. The van der Waals surface area contributed by atoms with Gasteiger partial charge in [-0.1, -0.05) is 35.9 Å². The van der Waals surface area contributed by atoms with Crippen molar-refractivity contribution in [3.8, 4) is 10.4 Å². The first kappa shape index (κ1) is 21.4. The van der Waals surface area contributed by atoms with Gasteiger partial charge in [0.05, 0.1) is 4.92 Å². The summed E-state index contributed by atoms with van der Waals surface area (Å²) in [4.78, 5) is 23.5. The molecule has 4 rings (SSSR count). The average molecular weight is 478 g/mol. The Bertz CT molecular complexity index is 1200. The molecule has 0 saturated heterocycles. The number of carboxylic acids is 1. The average Bonchev–Trinajstić information content (AvgIpc) is 3.30. The Labute approximate surface area is 188 Å². The summed E-state index contributed by atoms with van der Waals surface area (Å²) in [6.45, 7) is 0. The number of thiophene rings is 1. The zero-order chi connectivity index (χ0) is 22.3. The van der Waals surface area contributed by atoms with Gasteiger partial charge in [0.2, 0.25) is 0 Å². The van der Waals surface area contributed by atoms with Crippen molar-refractivity contribution < 1.29 is 23.6 Å². The number of non-ortho nitro benzene ring substituents is 1. The van der Waals surface area contributed by atoms with Crippen molar-refractivity contribution in [2.75, 3.05) is 4.31 Å². The second-order valence-electron chi connectivity index (χ2n) is 6.99. The molecule has 1 heterocycles. The summed E-state index contributed by atoms with van der Waals surface area (Å²) in [6, 6.07) is 15.9. The maximum Gasteiger partial charge on any atom is 0.331 e. The molecule has 1 aromatic heterocycles. The van der Waals surface area contributed by atoms with Gasteiger partial charge in [-0.2, -0.15) is 0 Å². The van der Waals surface area contributed by atoms with Crippen molar-refractivity contribution in [1.82, 2.24) is 0 Å². The number of nitrogens with zero attached hydrogens (tertiary/aromatic N) is 2. The molecule has 1 aliphatic rings. The molecule has 0 spiro atoms. The predicted octanol–water partition coefficient (Wildman–Crippen LogP) is 4.59. The van der Waals surface area contributed by atoms with Crippen molar-refractivity contribution in [2.24, 2.45) is 0 Å². The summed E-state index contributed by atoms with van der Waals surface area (Å²) >= 11 is 4.17. The van der Waals surface area contributed by atoms with Gasteiger partial charge in [-0.05, 0) is 41.8 Å². The van der Waals surface area contributed by atoms with E-state index < -0.39 is 33.6 Å². The summed E-state index contributed by atoms with van der Waals surface area (Å²) in [5.74, 6) is -2.03. The lowest BCUT2D eigenvalue weighted by Crippen LogP contribution is -2.46. The van der Waals surface area contributed by atoms with E-state index in [0.29, 0.717) is 10.6 Å². The van der Waals surface area contributed by atoms with Crippen LogP contribution in [0.4, 0.5) is 10.7 Å². The first-order valence-electron chi connectivity index (χ1n) is 8.97. The van der Waals surface area contributed by atoms with Crippen LogP contribution < -0.4 is 4.31 Å². The van der Waals surface area contributed by atoms with E-state index in [-0.39, 0.29) is 17.1 Å². The lowest BCUT2D eigenvalue weighted by atomic mass is 10.1. The summed E-state index contributed by atoms with van der Waals surface area (Å²) in [7, 11) is 0. The molecule has 3 atom stereocenters. The van der Waals surface area contributed by atoms with Crippen LogP contribution in [0.2, 0.25) is 5.02 Å². The Morgan fingerprint density at radius 1 is 1.23 bits per heavy atom. The predicted molar refractivity (Wildman–Crippen MR) is 117 cm³/mol. The summed E-state index contributed by atoms with van der Waals surface area (Å²) in [6.07, 6.45) is 0.00561. The number of nitro groups is 1. The molecule has 3 aromatic rings. The molecule has 1 aliphatic carbocycles. The Kier molecular flexibility index (Phi) is 5.56. The first-order valence-corrected chi connectivity index (χ1v) is 11.2. The number of anilines is 1. The van der Waals surface area contributed by atoms with Crippen LogP contribution in [0, 0.1) is 10.1 Å². The number of rotatable bonds is 7. The van der Waals surface area contributed by atoms with E-state index in [1.807, 2.05) is 0 Å². The van der Waals surface area contributed by atoms with Gasteiger partial charge in [0.1, 0.15) is 5.00 Å². The van der Waals surface area contributed by atoms with Crippen molar-refractivity contribution in [2.45, 2.75) is 17.9 Å². The molecule has 0 radical (unpaired) electrons. The number of benzene rings is 2. The molecule has 160 valence electrons. The molecule has 1 N–H and O–H groups in total. The molecule has 0 bridgehead atoms. The molecular formula is C20H14ClN2O6S2-. The maximum absolute atomic E-state index is 12.3. The van der Waals surface area contributed by atoms with Crippen LogP contribution in [0.1, 0.15) is 17.9 Å². The fraction of sp³-hybridized carbons (Fsp3) is 0.150. The van der Waals surface area contributed by atoms with Gasteiger partial charge in [-0.25, -0.2) is 4.79 Å². The number of hydrogen-bond donors (Lipinski definition) is 1. The number of aliphatic carboxylic acids is 1. The van der Waals surface area contributed by atoms with Crippen LogP contribution in [-0.2, 0) is 16.1 Å². The van der Waals surface area contributed by atoms with Crippen LogP contribution in [0.3, 0.4) is 0 Å². The van der Waals surface area contributed by atoms with Crippen LogP contribution in [-0.4, -0.2) is 30.3 Å². The van der Waals surface area contributed by atoms with E-state index in [4.69, 9.17) is 11.6 Å². The lowest BCUT2D eigenvalue weighted by Gasteiger charge is -2.32. The minimum Gasteiger partial charge on any atom is -0.755 e. The van der Waals surface area contributed by atoms with Crippen LogP contribution in [0.5, 0.6) is 0 Å². The summed E-state index contributed by atoms with van der Waals surface area (Å²) in [5, 5.41) is 21.9. The van der Waals surface area contributed by atoms with E-state index in [0.717, 1.165) is 26.1 Å². The second kappa shape index (κ2) is 8.04. The number of hydrogen-bond acceptors (Lipinski definition) is 6. The molecular weight excluding hydrogens is 464 g/mol. The monoisotopic (exact) mass is 477 g/mol. The standard InChI is InChI=1S/C20H15ClN2O6S2/c21-14-6-4-12(5-7-14)17-8-9-18(30-17)22(31(28)29)20(19(24)25)11-16(20)13-2-1-3-15(10-13)23(26)27/h1-10,16H,11H2,(H,24,25)(H,28,29)/p-1. The summed E-state index contributed by atoms with van der Waals surface area (Å²) < 4.78 is 25.2. The van der Waals surface area contributed by atoms with Crippen LogP contribution >= 0.6 is 22.9 Å².